The minimum absolute atomic E-state index is 0.0445. The zero-order valence-electron chi connectivity index (χ0n) is 11.7. The van der Waals surface area contributed by atoms with Crippen molar-refractivity contribution in [3.05, 3.63) is 0 Å². The molecule has 1 rings (SSSR count). The van der Waals surface area contributed by atoms with Crippen molar-refractivity contribution < 1.29 is 19.1 Å². The number of nitrogens with zero attached hydrogens (tertiary/aromatic N) is 1. The van der Waals surface area contributed by atoms with Crippen LogP contribution in [0.5, 0.6) is 0 Å². The lowest BCUT2D eigenvalue weighted by Gasteiger charge is -2.35. The van der Waals surface area contributed by atoms with E-state index < -0.39 is 17.7 Å². The molecule has 1 unspecified atom stereocenters. The molecule has 0 aromatic heterocycles. The number of morpholine rings is 1. The summed E-state index contributed by atoms with van der Waals surface area (Å²) in [5, 5.41) is 0. The van der Waals surface area contributed by atoms with Crippen molar-refractivity contribution in [2.75, 3.05) is 19.8 Å². The van der Waals surface area contributed by atoms with E-state index in [1.807, 2.05) is 27.7 Å². The first-order chi connectivity index (χ1) is 8.35. The molecule has 1 aliphatic heterocycles. The number of ketones is 1. The van der Waals surface area contributed by atoms with Gasteiger partial charge in [-0.2, -0.15) is 0 Å². The first kappa shape index (κ1) is 15.0. The van der Waals surface area contributed by atoms with Crippen molar-refractivity contribution >= 4 is 11.9 Å². The zero-order chi connectivity index (χ0) is 13.8. The van der Waals surface area contributed by atoms with Gasteiger partial charge in [-0.05, 0) is 27.2 Å². The van der Waals surface area contributed by atoms with Crippen LogP contribution in [0.25, 0.3) is 0 Å². The van der Waals surface area contributed by atoms with Gasteiger partial charge in [0.1, 0.15) is 11.6 Å². The number of carbonyl (C=O) groups is 2. The first-order valence-electron chi connectivity index (χ1n) is 6.45. The Labute approximate surface area is 108 Å². The summed E-state index contributed by atoms with van der Waals surface area (Å²) in [6.45, 7) is 8.53. The largest absolute Gasteiger partial charge is 0.444 e. The molecule has 5 heteroatoms. The summed E-state index contributed by atoms with van der Waals surface area (Å²) >= 11 is 0. The zero-order valence-corrected chi connectivity index (χ0v) is 11.7. The van der Waals surface area contributed by atoms with Gasteiger partial charge in [0.25, 0.3) is 0 Å². The molecule has 1 fully saturated rings. The number of hydrogen-bond acceptors (Lipinski definition) is 4. The van der Waals surface area contributed by atoms with Crippen LogP contribution in [0.2, 0.25) is 0 Å². The summed E-state index contributed by atoms with van der Waals surface area (Å²) in [4.78, 5) is 25.5. The molecule has 1 aliphatic rings. The fraction of sp³-hybridized carbons (Fsp3) is 0.846. The molecule has 1 amide bonds. The van der Waals surface area contributed by atoms with Gasteiger partial charge < -0.3 is 9.47 Å². The Morgan fingerprint density at radius 3 is 2.61 bits per heavy atom. The maximum atomic E-state index is 12.0. The Hall–Kier alpha value is -1.10. The first-order valence-corrected chi connectivity index (χ1v) is 6.45. The smallest absolute Gasteiger partial charge is 0.411 e. The molecule has 0 radical (unpaired) electrons. The lowest BCUT2D eigenvalue weighted by molar-refractivity contribution is -0.130. The van der Waals surface area contributed by atoms with Gasteiger partial charge in [-0.25, -0.2) is 4.79 Å². The second kappa shape index (κ2) is 6.18. The average Bonchev–Trinajstić information content (AvgIpc) is 2.27. The second-order valence-electron chi connectivity index (χ2n) is 5.48. The van der Waals surface area contributed by atoms with Crippen LogP contribution in [0.4, 0.5) is 4.79 Å². The van der Waals surface area contributed by atoms with Crippen molar-refractivity contribution in [3.63, 3.8) is 0 Å². The van der Waals surface area contributed by atoms with E-state index >= 15 is 0 Å². The van der Waals surface area contributed by atoms with Crippen LogP contribution < -0.4 is 0 Å². The van der Waals surface area contributed by atoms with Crippen LogP contribution in [0, 0.1) is 0 Å². The molecule has 18 heavy (non-hydrogen) atoms. The van der Waals surface area contributed by atoms with Crippen LogP contribution in [0.3, 0.4) is 0 Å². The van der Waals surface area contributed by atoms with Crippen LogP contribution in [-0.4, -0.2) is 48.2 Å². The van der Waals surface area contributed by atoms with Gasteiger partial charge in [0.15, 0.2) is 5.78 Å². The van der Waals surface area contributed by atoms with Crippen molar-refractivity contribution in [2.45, 2.75) is 52.2 Å². The van der Waals surface area contributed by atoms with Crippen LogP contribution in [0.1, 0.15) is 40.5 Å². The fourth-order valence-electron chi connectivity index (χ4n) is 1.82. The quantitative estimate of drug-likeness (QED) is 0.776. The van der Waals surface area contributed by atoms with Gasteiger partial charge in [-0.3, -0.25) is 9.69 Å². The minimum Gasteiger partial charge on any atom is -0.444 e. The molecule has 104 valence electrons. The SMILES string of the molecule is CCCC(=O)C1COCCN1C(=O)OC(C)(C)C. The van der Waals surface area contributed by atoms with E-state index in [1.165, 1.54) is 4.90 Å². The van der Waals surface area contributed by atoms with E-state index in [1.54, 1.807) is 0 Å². The molecule has 0 aliphatic carbocycles. The number of Topliss-reactive ketones (excluding diaryl/α,β-unsaturated/α-hetero) is 1. The highest BCUT2D eigenvalue weighted by atomic mass is 16.6. The molecule has 0 bridgehead atoms. The fourth-order valence-corrected chi connectivity index (χ4v) is 1.82. The number of ether oxygens (including phenoxy) is 2. The monoisotopic (exact) mass is 257 g/mol. The second-order valence-corrected chi connectivity index (χ2v) is 5.48. The van der Waals surface area contributed by atoms with Gasteiger partial charge in [0, 0.05) is 13.0 Å². The summed E-state index contributed by atoms with van der Waals surface area (Å²) in [7, 11) is 0. The molecule has 0 saturated carbocycles. The van der Waals surface area contributed by atoms with E-state index in [2.05, 4.69) is 0 Å². The number of amides is 1. The Kier molecular flexibility index (Phi) is 5.14. The maximum absolute atomic E-state index is 12.0. The van der Waals surface area contributed by atoms with Gasteiger partial charge >= 0.3 is 6.09 Å². The standard InChI is InChI=1S/C13H23NO4/c1-5-6-11(15)10-9-17-8-7-14(10)12(16)18-13(2,3)4/h10H,5-9H2,1-4H3. The lowest BCUT2D eigenvalue weighted by Crippen LogP contribution is -2.53. The van der Waals surface area contributed by atoms with Crippen LogP contribution >= 0.6 is 0 Å². The Bertz CT molecular complexity index is 309. The van der Waals surface area contributed by atoms with E-state index in [9.17, 15) is 9.59 Å². The highest BCUT2D eigenvalue weighted by Crippen LogP contribution is 2.16. The normalized spacial score (nSPS) is 20.7. The molecule has 1 saturated heterocycles. The molecule has 0 aromatic rings. The van der Waals surface area contributed by atoms with Gasteiger partial charge in [0.05, 0.1) is 13.2 Å². The summed E-state index contributed by atoms with van der Waals surface area (Å²) < 4.78 is 10.6. The third-order valence-corrected chi connectivity index (χ3v) is 2.62. The molecule has 0 aromatic carbocycles. The third kappa shape index (κ3) is 4.29. The Balaban J connectivity index is 2.70. The van der Waals surface area contributed by atoms with E-state index in [0.29, 0.717) is 19.6 Å². The molecule has 0 spiro atoms. The molecular weight excluding hydrogens is 234 g/mol. The topological polar surface area (TPSA) is 55.8 Å². The summed E-state index contributed by atoms with van der Waals surface area (Å²) in [5.41, 5.74) is -0.548. The molecular formula is C13H23NO4. The Morgan fingerprint density at radius 1 is 1.39 bits per heavy atom. The van der Waals surface area contributed by atoms with Crippen LogP contribution in [-0.2, 0) is 14.3 Å². The van der Waals surface area contributed by atoms with Crippen molar-refractivity contribution in [1.29, 1.82) is 0 Å². The van der Waals surface area contributed by atoms with Gasteiger partial charge in [-0.1, -0.05) is 6.92 Å². The van der Waals surface area contributed by atoms with Gasteiger partial charge in [0.2, 0.25) is 0 Å². The van der Waals surface area contributed by atoms with Crippen molar-refractivity contribution in [3.8, 4) is 0 Å². The minimum atomic E-state index is -0.548. The van der Waals surface area contributed by atoms with E-state index in [4.69, 9.17) is 9.47 Å². The molecule has 1 heterocycles. The highest BCUT2D eigenvalue weighted by molar-refractivity contribution is 5.87. The predicted octanol–water partition coefficient (Wildman–Crippen LogP) is 1.99. The lowest BCUT2D eigenvalue weighted by atomic mass is 10.1. The molecule has 1 atom stereocenters. The summed E-state index contributed by atoms with van der Waals surface area (Å²) in [6, 6.07) is -0.492. The van der Waals surface area contributed by atoms with E-state index in [-0.39, 0.29) is 12.4 Å². The van der Waals surface area contributed by atoms with Gasteiger partial charge in [-0.15, -0.1) is 0 Å². The number of hydrogen-bond donors (Lipinski definition) is 0. The van der Waals surface area contributed by atoms with Crippen molar-refractivity contribution in [2.24, 2.45) is 0 Å². The summed E-state index contributed by atoms with van der Waals surface area (Å²) in [6.07, 6.45) is 0.811. The number of carbonyl (C=O) groups excluding carboxylic acids is 2. The highest BCUT2D eigenvalue weighted by Gasteiger charge is 2.34. The predicted molar refractivity (Wildman–Crippen MR) is 67.5 cm³/mol. The molecule has 5 nitrogen and oxygen atoms in total. The average molecular weight is 257 g/mol. The summed E-state index contributed by atoms with van der Waals surface area (Å²) in [5.74, 6) is 0.0445. The van der Waals surface area contributed by atoms with Crippen molar-refractivity contribution in [1.82, 2.24) is 4.90 Å². The number of rotatable bonds is 3. The third-order valence-electron chi connectivity index (χ3n) is 2.62. The van der Waals surface area contributed by atoms with E-state index in [0.717, 1.165) is 6.42 Å². The maximum Gasteiger partial charge on any atom is 0.411 e. The Morgan fingerprint density at radius 2 is 2.06 bits per heavy atom. The molecule has 0 N–H and O–H groups in total. The van der Waals surface area contributed by atoms with Crippen LogP contribution in [0.15, 0.2) is 0 Å².